The highest BCUT2D eigenvalue weighted by Crippen LogP contribution is 2.67. The van der Waals surface area contributed by atoms with Crippen molar-refractivity contribution >= 4 is 23.0 Å². The van der Waals surface area contributed by atoms with E-state index in [4.69, 9.17) is 0 Å². The van der Waals surface area contributed by atoms with Crippen LogP contribution in [-0.2, 0) is 4.79 Å². The maximum absolute atomic E-state index is 12.2. The second kappa shape index (κ2) is 4.62. The van der Waals surface area contributed by atoms with Crippen LogP contribution >= 0.6 is 0 Å². The van der Waals surface area contributed by atoms with Crippen molar-refractivity contribution in [3.05, 3.63) is 12.5 Å². The quantitative estimate of drug-likeness (QED) is 0.566. The number of rotatable bonds is 3. The Kier molecular flexibility index (Phi) is 2.88. The lowest BCUT2D eigenvalue weighted by molar-refractivity contribution is -0.132. The van der Waals surface area contributed by atoms with Gasteiger partial charge in [-0.15, -0.1) is 0 Å². The molecule has 2 heterocycles. The third kappa shape index (κ3) is 1.68. The number of amides is 1. The fraction of sp³-hybridized carbons (Fsp3) is 0.571. The summed E-state index contributed by atoms with van der Waals surface area (Å²) in [5.41, 5.74) is 0.262. The van der Waals surface area contributed by atoms with Gasteiger partial charge >= 0.3 is 0 Å². The molecule has 4 N–H and O–H groups in total. The lowest BCUT2D eigenvalue weighted by Gasteiger charge is -2.23. The summed E-state index contributed by atoms with van der Waals surface area (Å²) in [6.07, 6.45) is 1.58. The predicted molar refractivity (Wildman–Crippen MR) is 80.5 cm³/mol. The van der Waals surface area contributed by atoms with Crippen LogP contribution in [0.5, 0.6) is 0 Å². The highest BCUT2D eigenvalue weighted by atomic mass is 16.3. The minimum Gasteiger partial charge on any atom is -0.389 e. The Bertz CT molecular complexity index is 792. The Hall–Kier alpha value is -2.26. The summed E-state index contributed by atoms with van der Waals surface area (Å²) in [6, 6.07) is -0.438. The van der Waals surface area contributed by atoms with Crippen molar-refractivity contribution in [3.63, 3.8) is 0 Å². The maximum atomic E-state index is 12.2. The van der Waals surface area contributed by atoms with Gasteiger partial charge in [0.05, 0.1) is 30.1 Å². The average molecular weight is 318 g/mol. The van der Waals surface area contributed by atoms with Gasteiger partial charge in [-0.3, -0.25) is 4.79 Å². The molecular formula is C14H18N6O3. The van der Waals surface area contributed by atoms with Gasteiger partial charge in [0.2, 0.25) is 11.9 Å². The smallest absolute Gasteiger partial charge is 0.229 e. The minimum atomic E-state index is -1.10. The Morgan fingerprint density at radius 1 is 1.39 bits per heavy atom. The molecule has 1 amide bonds. The molecule has 0 radical (unpaired) electrons. The number of fused-ring (bicyclic) bond motifs is 2. The number of aliphatic hydroxyl groups is 2. The summed E-state index contributed by atoms with van der Waals surface area (Å²) in [5, 5.41) is 26.4. The molecule has 0 bridgehead atoms. The van der Waals surface area contributed by atoms with E-state index in [1.165, 1.54) is 7.05 Å². The summed E-state index contributed by atoms with van der Waals surface area (Å²) in [6.45, 7) is 0. The number of nitrogens with zero attached hydrogens (tertiary/aromatic N) is 4. The normalized spacial score (nSPS) is 35.1. The summed E-state index contributed by atoms with van der Waals surface area (Å²) in [4.78, 5) is 24.9. The van der Waals surface area contributed by atoms with Gasteiger partial charge in [-0.1, -0.05) is 0 Å². The summed E-state index contributed by atoms with van der Waals surface area (Å²) < 4.78 is 1.74. The lowest BCUT2D eigenvalue weighted by Crippen LogP contribution is -2.41. The van der Waals surface area contributed by atoms with E-state index in [0.29, 0.717) is 23.5 Å². The van der Waals surface area contributed by atoms with Crippen molar-refractivity contribution in [1.29, 1.82) is 0 Å². The molecule has 2 aliphatic rings. The number of carbonyl (C=O) groups excluding carboxylic acids is 1. The summed E-state index contributed by atoms with van der Waals surface area (Å²) in [7, 11) is 3.26. The zero-order valence-electron chi connectivity index (χ0n) is 12.8. The molecule has 23 heavy (non-hydrogen) atoms. The van der Waals surface area contributed by atoms with Crippen LogP contribution < -0.4 is 10.6 Å². The highest BCUT2D eigenvalue weighted by Gasteiger charge is 2.75. The molecule has 9 heteroatoms. The molecule has 0 aromatic carbocycles. The Morgan fingerprint density at radius 2 is 2.17 bits per heavy atom. The van der Waals surface area contributed by atoms with E-state index in [1.807, 2.05) is 0 Å². The number of hydrogen-bond donors (Lipinski definition) is 4. The molecule has 0 aliphatic heterocycles. The van der Waals surface area contributed by atoms with Gasteiger partial charge in [-0.25, -0.2) is 9.97 Å². The third-order valence-corrected chi connectivity index (χ3v) is 5.18. The molecule has 2 fully saturated rings. The van der Waals surface area contributed by atoms with Crippen LogP contribution in [0, 0.1) is 11.3 Å². The second-order valence-electron chi connectivity index (χ2n) is 6.16. The van der Waals surface area contributed by atoms with Crippen molar-refractivity contribution < 1.29 is 15.0 Å². The van der Waals surface area contributed by atoms with Crippen LogP contribution in [0.25, 0.3) is 11.2 Å². The zero-order valence-corrected chi connectivity index (χ0v) is 12.8. The van der Waals surface area contributed by atoms with Crippen LogP contribution in [0.4, 0.5) is 5.95 Å². The maximum Gasteiger partial charge on any atom is 0.229 e. The predicted octanol–water partition coefficient (Wildman–Crippen LogP) is -1.10. The van der Waals surface area contributed by atoms with Gasteiger partial charge in [0.15, 0.2) is 5.65 Å². The molecular weight excluding hydrogens is 300 g/mol. The molecule has 0 unspecified atom stereocenters. The fourth-order valence-corrected chi connectivity index (χ4v) is 3.95. The van der Waals surface area contributed by atoms with Crippen LogP contribution in [0.2, 0.25) is 0 Å². The molecule has 4 rings (SSSR count). The number of imidazole rings is 1. The van der Waals surface area contributed by atoms with E-state index in [1.54, 1.807) is 24.1 Å². The highest BCUT2D eigenvalue weighted by molar-refractivity contribution is 5.87. The fourth-order valence-electron chi connectivity index (χ4n) is 3.95. The first kappa shape index (κ1) is 14.3. The van der Waals surface area contributed by atoms with E-state index in [2.05, 4.69) is 25.6 Å². The second-order valence-corrected chi connectivity index (χ2v) is 6.16. The van der Waals surface area contributed by atoms with Gasteiger partial charge in [0.25, 0.3) is 0 Å². The van der Waals surface area contributed by atoms with Gasteiger partial charge in [0.1, 0.15) is 11.6 Å². The first-order chi connectivity index (χ1) is 11.0. The third-order valence-electron chi connectivity index (χ3n) is 5.18. The van der Waals surface area contributed by atoms with E-state index in [-0.39, 0.29) is 11.8 Å². The van der Waals surface area contributed by atoms with Crippen LogP contribution in [0.3, 0.4) is 0 Å². The van der Waals surface area contributed by atoms with Gasteiger partial charge < -0.3 is 25.4 Å². The molecule has 2 aliphatic carbocycles. The first-order valence-corrected chi connectivity index (χ1v) is 7.50. The summed E-state index contributed by atoms with van der Waals surface area (Å²) in [5.74, 6) is 0.0741. The van der Waals surface area contributed by atoms with E-state index in [0.717, 1.165) is 0 Å². The number of aliphatic hydroxyl groups excluding tert-OH is 2. The Balaban J connectivity index is 1.79. The molecule has 2 saturated carbocycles. The van der Waals surface area contributed by atoms with Crippen molar-refractivity contribution in [3.8, 4) is 0 Å². The van der Waals surface area contributed by atoms with Gasteiger partial charge in [-0.2, -0.15) is 4.98 Å². The van der Waals surface area contributed by atoms with Crippen LogP contribution in [-0.4, -0.2) is 61.9 Å². The van der Waals surface area contributed by atoms with E-state index in [9.17, 15) is 15.0 Å². The monoisotopic (exact) mass is 318 g/mol. The zero-order chi connectivity index (χ0) is 16.4. The minimum absolute atomic E-state index is 0.141. The van der Waals surface area contributed by atoms with Crippen LogP contribution in [0.15, 0.2) is 12.5 Å². The molecule has 9 nitrogen and oxygen atoms in total. The molecule has 0 spiro atoms. The molecule has 2 aromatic rings. The summed E-state index contributed by atoms with van der Waals surface area (Å²) >= 11 is 0. The Labute approximate surface area is 131 Å². The number of anilines is 1. The van der Waals surface area contributed by atoms with Crippen molar-refractivity contribution in [2.75, 3.05) is 19.4 Å². The van der Waals surface area contributed by atoms with Crippen molar-refractivity contribution in [2.24, 2.45) is 11.3 Å². The molecule has 5 atom stereocenters. The number of nitrogens with one attached hydrogen (secondary N) is 2. The molecule has 2 aromatic heterocycles. The number of hydrogen-bond acceptors (Lipinski definition) is 7. The average Bonchev–Trinajstić information content (AvgIpc) is 3.12. The van der Waals surface area contributed by atoms with E-state index >= 15 is 0 Å². The lowest BCUT2D eigenvalue weighted by atomic mass is 9.98. The van der Waals surface area contributed by atoms with Gasteiger partial charge in [0, 0.05) is 20.0 Å². The van der Waals surface area contributed by atoms with Gasteiger partial charge in [-0.05, 0) is 6.42 Å². The topological polar surface area (TPSA) is 125 Å². The van der Waals surface area contributed by atoms with Crippen LogP contribution in [0.1, 0.15) is 12.5 Å². The van der Waals surface area contributed by atoms with Crippen molar-refractivity contribution in [1.82, 2.24) is 24.8 Å². The molecule has 0 saturated heterocycles. The van der Waals surface area contributed by atoms with Crippen molar-refractivity contribution in [2.45, 2.75) is 24.7 Å². The number of aromatic nitrogens is 4. The van der Waals surface area contributed by atoms with E-state index < -0.39 is 23.7 Å². The standard InChI is InChI=1S/C14H18N6O3/c1-15-12(23)14-3-6(14)8(9(21)10(14)22)20-5-18-7-4-17-13(16-2)19-11(7)20/h4-6,8-10,21-22H,3H2,1-2H3,(H,15,23)(H,16,17,19)/t6-,8-,9+,10+,14+/m1/s1. The SMILES string of the molecule is CNC(=O)[C@@]12C[C@@H]1[C@@H](n1cnc3cnc(NC)nc31)[C@H](O)[C@@H]2O. The Morgan fingerprint density at radius 3 is 2.87 bits per heavy atom. The number of carbonyl (C=O) groups is 1. The largest absolute Gasteiger partial charge is 0.389 e. The molecule has 122 valence electrons. The first-order valence-electron chi connectivity index (χ1n) is 7.50.